The van der Waals surface area contributed by atoms with Crippen LogP contribution in [0.4, 0.5) is 4.79 Å². The second-order valence-corrected chi connectivity index (χ2v) is 4.96. The Labute approximate surface area is 117 Å². The SMILES string of the molecule is C/C(=C\COC(=O)NCCCl)C1=CC(=O)C(C)(C)O1. The first-order valence-electron chi connectivity index (χ1n) is 5.95. The highest BCUT2D eigenvalue weighted by molar-refractivity contribution is 6.18. The summed E-state index contributed by atoms with van der Waals surface area (Å²) in [5, 5.41) is 2.47. The van der Waals surface area contributed by atoms with Crippen molar-refractivity contribution < 1.29 is 19.1 Å². The minimum absolute atomic E-state index is 0.0731. The number of allylic oxidation sites excluding steroid dienone is 1. The molecule has 6 heteroatoms. The predicted octanol–water partition coefficient (Wildman–Crippen LogP) is 2.16. The third kappa shape index (κ3) is 4.59. The van der Waals surface area contributed by atoms with Crippen LogP contribution in [0.1, 0.15) is 20.8 Å². The Morgan fingerprint density at radius 3 is 2.79 bits per heavy atom. The van der Waals surface area contributed by atoms with Crippen molar-refractivity contribution in [3.63, 3.8) is 0 Å². The number of nitrogens with one attached hydrogen (secondary N) is 1. The van der Waals surface area contributed by atoms with Crippen LogP contribution < -0.4 is 5.32 Å². The molecule has 1 heterocycles. The minimum Gasteiger partial charge on any atom is -0.479 e. The first kappa shape index (κ1) is 15.6. The smallest absolute Gasteiger partial charge is 0.407 e. The molecule has 1 aliphatic rings. The van der Waals surface area contributed by atoms with Crippen molar-refractivity contribution in [2.24, 2.45) is 0 Å². The molecule has 0 atom stereocenters. The zero-order chi connectivity index (χ0) is 14.5. The first-order chi connectivity index (χ1) is 8.86. The van der Waals surface area contributed by atoms with Gasteiger partial charge in [0.25, 0.3) is 0 Å². The number of hydrogen-bond acceptors (Lipinski definition) is 4. The maximum atomic E-state index is 11.6. The fraction of sp³-hybridized carbons (Fsp3) is 0.538. The van der Waals surface area contributed by atoms with Crippen LogP contribution in [0.2, 0.25) is 0 Å². The van der Waals surface area contributed by atoms with E-state index >= 15 is 0 Å². The van der Waals surface area contributed by atoms with Crippen molar-refractivity contribution in [2.45, 2.75) is 26.4 Å². The third-order valence-electron chi connectivity index (χ3n) is 2.58. The molecule has 5 nitrogen and oxygen atoms in total. The van der Waals surface area contributed by atoms with E-state index in [1.165, 1.54) is 6.08 Å². The van der Waals surface area contributed by atoms with Gasteiger partial charge in [0, 0.05) is 18.5 Å². The van der Waals surface area contributed by atoms with E-state index in [9.17, 15) is 9.59 Å². The van der Waals surface area contributed by atoms with Crippen LogP contribution in [0.15, 0.2) is 23.5 Å². The number of carbonyl (C=O) groups excluding carboxylic acids is 2. The minimum atomic E-state index is -0.816. The quantitative estimate of drug-likeness (QED) is 0.787. The Hall–Kier alpha value is -1.49. The van der Waals surface area contributed by atoms with E-state index in [0.717, 1.165) is 5.57 Å². The van der Waals surface area contributed by atoms with Crippen LogP contribution in [0.5, 0.6) is 0 Å². The highest BCUT2D eigenvalue weighted by Gasteiger charge is 2.35. The van der Waals surface area contributed by atoms with Gasteiger partial charge in [-0.05, 0) is 32.4 Å². The normalized spacial score (nSPS) is 17.8. The lowest BCUT2D eigenvalue weighted by Gasteiger charge is -2.18. The third-order valence-corrected chi connectivity index (χ3v) is 2.77. The van der Waals surface area contributed by atoms with Crippen molar-refractivity contribution in [2.75, 3.05) is 19.0 Å². The summed E-state index contributed by atoms with van der Waals surface area (Å²) in [5.41, 5.74) is -0.0627. The zero-order valence-corrected chi connectivity index (χ0v) is 12.0. The van der Waals surface area contributed by atoms with Crippen LogP contribution in [-0.2, 0) is 14.3 Å². The molecule has 0 bridgehead atoms. The lowest BCUT2D eigenvalue weighted by molar-refractivity contribution is -0.126. The number of rotatable bonds is 5. The Kier molecular flexibility index (Phi) is 5.42. The molecule has 0 fully saturated rings. The molecule has 1 N–H and O–H groups in total. The van der Waals surface area contributed by atoms with Gasteiger partial charge in [-0.3, -0.25) is 4.79 Å². The summed E-state index contributed by atoms with van der Waals surface area (Å²) < 4.78 is 10.4. The molecule has 0 aliphatic carbocycles. The summed E-state index contributed by atoms with van der Waals surface area (Å²) in [6, 6.07) is 0. The van der Waals surface area contributed by atoms with E-state index in [1.54, 1.807) is 26.8 Å². The highest BCUT2D eigenvalue weighted by Crippen LogP contribution is 2.28. The van der Waals surface area contributed by atoms with Gasteiger partial charge in [0.05, 0.1) is 0 Å². The Morgan fingerprint density at radius 1 is 1.58 bits per heavy atom. The molecule has 19 heavy (non-hydrogen) atoms. The van der Waals surface area contributed by atoms with Gasteiger partial charge in [0.2, 0.25) is 5.78 Å². The lowest BCUT2D eigenvalue weighted by Crippen LogP contribution is -2.28. The number of carbonyl (C=O) groups is 2. The zero-order valence-electron chi connectivity index (χ0n) is 11.3. The van der Waals surface area contributed by atoms with Crippen molar-refractivity contribution in [1.82, 2.24) is 5.32 Å². The fourth-order valence-corrected chi connectivity index (χ4v) is 1.48. The molecule has 1 rings (SSSR count). The van der Waals surface area contributed by atoms with E-state index in [0.29, 0.717) is 18.2 Å². The number of alkyl halides is 1. The number of halogens is 1. The topological polar surface area (TPSA) is 64.6 Å². The molecule has 0 unspecified atom stereocenters. The lowest BCUT2D eigenvalue weighted by atomic mass is 10.1. The molecule has 0 aromatic carbocycles. The maximum absolute atomic E-state index is 11.6. The molecule has 1 aliphatic heterocycles. The second-order valence-electron chi connectivity index (χ2n) is 4.59. The van der Waals surface area contributed by atoms with Gasteiger partial charge in [0.1, 0.15) is 12.4 Å². The number of ketones is 1. The number of ether oxygens (including phenoxy) is 2. The number of amides is 1. The standard InChI is InChI=1S/C13H18ClNO4/c1-9(4-7-18-12(17)15-6-5-14)10-8-11(16)13(2,3)19-10/h4,8H,5-7H2,1-3H3,(H,15,17)/b9-4+. The monoisotopic (exact) mass is 287 g/mol. The van der Waals surface area contributed by atoms with Crippen molar-refractivity contribution >= 4 is 23.5 Å². The Balaban J connectivity index is 2.44. The van der Waals surface area contributed by atoms with Gasteiger partial charge in [0.15, 0.2) is 5.60 Å². The second kappa shape index (κ2) is 6.61. The average molecular weight is 288 g/mol. The van der Waals surface area contributed by atoms with Gasteiger partial charge in [-0.2, -0.15) is 0 Å². The summed E-state index contributed by atoms with van der Waals surface area (Å²) in [6.45, 7) is 5.68. The molecule has 0 saturated heterocycles. The van der Waals surface area contributed by atoms with Crippen LogP contribution >= 0.6 is 11.6 Å². The highest BCUT2D eigenvalue weighted by atomic mass is 35.5. The Morgan fingerprint density at radius 2 is 2.26 bits per heavy atom. The van der Waals surface area contributed by atoms with Gasteiger partial charge in [-0.25, -0.2) is 4.79 Å². The first-order valence-corrected chi connectivity index (χ1v) is 6.49. The fourth-order valence-electron chi connectivity index (χ4n) is 1.39. The molecule has 1 amide bonds. The van der Waals surface area contributed by atoms with E-state index < -0.39 is 11.7 Å². The summed E-state index contributed by atoms with van der Waals surface area (Å²) >= 11 is 5.42. The maximum Gasteiger partial charge on any atom is 0.407 e. The van der Waals surface area contributed by atoms with Crippen molar-refractivity contribution in [1.29, 1.82) is 0 Å². The van der Waals surface area contributed by atoms with Crippen LogP contribution in [0.25, 0.3) is 0 Å². The summed E-state index contributed by atoms with van der Waals surface area (Å²) in [4.78, 5) is 22.7. The molecule has 0 aromatic rings. The average Bonchev–Trinajstić information content (AvgIpc) is 2.61. The summed E-state index contributed by atoms with van der Waals surface area (Å²) in [6.07, 6.45) is 2.61. The van der Waals surface area contributed by atoms with Crippen LogP contribution in [-0.4, -0.2) is 36.5 Å². The molecule has 106 valence electrons. The molecular weight excluding hydrogens is 270 g/mol. The molecular formula is C13H18ClNO4. The van der Waals surface area contributed by atoms with Crippen LogP contribution in [0, 0.1) is 0 Å². The largest absolute Gasteiger partial charge is 0.479 e. The Bertz CT molecular complexity index is 426. The number of hydrogen-bond donors (Lipinski definition) is 1. The van der Waals surface area contributed by atoms with E-state index in [2.05, 4.69) is 5.32 Å². The predicted molar refractivity (Wildman–Crippen MR) is 72.1 cm³/mol. The van der Waals surface area contributed by atoms with Gasteiger partial charge < -0.3 is 14.8 Å². The van der Waals surface area contributed by atoms with E-state index in [4.69, 9.17) is 21.1 Å². The van der Waals surface area contributed by atoms with Crippen LogP contribution in [0.3, 0.4) is 0 Å². The molecule has 0 saturated carbocycles. The number of alkyl carbamates (subject to hydrolysis) is 1. The van der Waals surface area contributed by atoms with Gasteiger partial charge >= 0.3 is 6.09 Å². The van der Waals surface area contributed by atoms with Crippen molar-refractivity contribution in [3.8, 4) is 0 Å². The van der Waals surface area contributed by atoms with E-state index in [-0.39, 0.29) is 12.4 Å². The summed E-state index contributed by atoms with van der Waals surface area (Å²) in [5.74, 6) is 0.776. The summed E-state index contributed by atoms with van der Waals surface area (Å²) in [7, 11) is 0. The van der Waals surface area contributed by atoms with Gasteiger partial charge in [-0.1, -0.05) is 0 Å². The molecule has 0 aromatic heterocycles. The molecule has 0 spiro atoms. The van der Waals surface area contributed by atoms with E-state index in [1.807, 2.05) is 0 Å². The van der Waals surface area contributed by atoms with Gasteiger partial charge in [-0.15, -0.1) is 11.6 Å². The molecule has 0 radical (unpaired) electrons. The van der Waals surface area contributed by atoms with Crippen molar-refractivity contribution in [3.05, 3.63) is 23.5 Å².